The van der Waals surface area contributed by atoms with Crippen molar-refractivity contribution in [1.29, 1.82) is 0 Å². The van der Waals surface area contributed by atoms with Crippen molar-refractivity contribution >= 4 is 38.3 Å². The summed E-state index contributed by atoms with van der Waals surface area (Å²) in [6.45, 7) is 2.13. The molecule has 0 heterocycles. The number of rotatable bonds is 5. The van der Waals surface area contributed by atoms with E-state index in [-0.39, 0.29) is 5.97 Å². The van der Waals surface area contributed by atoms with Crippen molar-refractivity contribution < 1.29 is 9.53 Å². The number of hydrogen-bond donors (Lipinski definition) is 0. The molecule has 0 spiro atoms. The number of fused-ring (bicyclic) bond motifs is 3. The Labute approximate surface area is 153 Å². The summed E-state index contributed by atoms with van der Waals surface area (Å²) < 4.78 is 5.67. The molecule has 26 heavy (non-hydrogen) atoms. The molecule has 0 bridgehead atoms. The minimum atomic E-state index is -0.149. The van der Waals surface area contributed by atoms with Gasteiger partial charge in [-0.2, -0.15) is 0 Å². The molecule has 0 radical (unpaired) electrons. The molecule has 130 valence electrons. The van der Waals surface area contributed by atoms with Crippen LogP contribution in [0.5, 0.6) is 5.75 Å². The Kier molecular flexibility index (Phi) is 4.57. The fraction of sp³-hybridized carbons (Fsp3) is 0.208. The van der Waals surface area contributed by atoms with E-state index >= 15 is 0 Å². The van der Waals surface area contributed by atoms with Gasteiger partial charge in [0.2, 0.25) is 0 Å². The van der Waals surface area contributed by atoms with Crippen LogP contribution >= 0.6 is 0 Å². The van der Waals surface area contributed by atoms with E-state index in [4.69, 9.17) is 4.74 Å². The Morgan fingerprint density at radius 2 is 1.42 bits per heavy atom. The average Bonchev–Trinajstić information content (AvgIpc) is 2.65. The predicted octanol–water partition coefficient (Wildman–Crippen LogP) is 6.63. The molecule has 0 aromatic heterocycles. The van der Waals surface area contributed by atoms with Gasteiger partial charge in [-0.15, -0.1) is 0 Å². The monoisotopic (exact) mass is 342 g/mol. The normalized spacial score (nSPS) is 11.3. The Morgan fingerprint density at radius 3 is 2.15 bits per heavy atom. The smallest absolute Gasteiger partial charge is 0.311 e. The molecule has 0 atom stereocenters. The van der Waals surface area contributed by atoms with E-state index in [0.717, 1.165) is 35.4 Å². The van der Waals surface area contributed by atoms with Crippen LogP contribution in [0.2, 0.25) is 0 Å². The molecule has 0 unspecified atom stereocenters. The second kappa shape index (κ2) is 7.17. The van der Waals surface area contributed by atoms with Gasteiger partial charge in [-0.05, 0) is 63.7 Å². The molecule has 0 fully saturated rings. The lowest BCUT2D eigenvalue weighted by atomic mass is 9.99. The van der Waals surface area contributed by atoms with Gasteiger partial charge in [0.15, 0.2) is 0 Å². The molecule has 2 heteroatoms. The average molecular weight is 342 g/mol. The third-order valence-corrected chi connectivity index (χ3v) is 4.87. The lowest BCUT2D eigenvalue weighted by molar-refractivity contribution is -0.134. The van der Waals surface area contributed by atoms with Crippen LogP contribution in [0.15, 0.2) is 66.7 Å². The minimum absolute atomic E-state index is 0.149. The zero-order valence-electron chi connectivity index (χ0n) is 15.0. The number of carbonyl (C=O) groups is 1. The second-order valence-corrected chi connectivity index (χ2v) is 6.81. The number of hydrogen-bond acceptors (Lipinski definition) is 2. The molecule has 0 N–H and O–H groups in total. The van der Waals surface area contributed by atoms with Gasteiger partial charge in [0, 0.05) is 11.8 Å². The molecule has 0 aliphatic rings. The Morgan fingerprint density at radius 1 is 0.769 bits per heavy atom. The van der Waals surface area contributed by atoms with E-state index < -0.39 is 0 Å². The minimum Gasteiger partial charge on any atom is -0.426 e. The maximum absolute atomic E-state index is 12.1. The number of unbranched alkanes of at least 4 members (excludes halogenated alkanes) is 2. The summed E-state index contributed by atoms with van der Waals surface area (Å²) in [5, 5.41) is 6.88. The van der Waals surface area contributed by atoms with Crippen LogP contribution in [0, 0.1) is 0 Å². The Balaban J connectivity index is 1.75. The summed E-state index contributed by atoms with van der Waals surface area (Å²) in [7, 11) is 0. The summed E-state index contributed by atoms with van der Waals surface area (Å²) in [6.07, 6.45) is 3.52. The van der Waals surface area contributed by atoms with E-state index in [9.17, 15) is 4.79 Å². The van der Waals surface area contributed by atoms with Crippen LogP contribution in [0.25, 0.3) is 32.3 Å². The third kappa shape index (κ3) is 3.28. The highest BCUT2D eigenvalue weighted by Crippen LogP contribution is 2.32. The molecular formula is C24H22O2. The van der Waals surface area contributed by atoms with Crippen LogP contribution in [0.3, 0.4) is 0 Å². The van der Waals surface area contributed by atoms with Crippen LogP contribution < -0.4 is 4.74 Å². The lowest BCUT2D eigenvalue weighted by Gasteiger charge is -2.10. The second-order valence-electron chi connectivity index (χ2n) is 6.81. The van der Waals surface area contributed by atoms with Crippen LogP contribution in [0.4, 0.5) is 0 Å². The van der Waals surface area contributed by atoms with Crippen LogP contribution in [-0.2, 0) is 4.79 Å². The van der Waals surface area contributed by atoms with Crippen LogP contribution in [-0.4, -0.2) is 5.97 Å². The van der Waals surface area contributed by atoms with E-state index in [1.165, 1.54) is 16.2 Å². The standard InChI is InChI=1S/C24H22O2/c1-2-3-4-12-24(25)26-23-11-7-10-19-15-20-13-17-8-5-6-9-18(17)14-21(20)16-22(19)23/h5-11,13-16H,2-4,12H2,1H3. The summed E-state index contributed by atoms with van der Waals surface area (Å²) in [5.74, 6) is 0.503. The lowest BCUT2D eigenvalue weighted by Crippen LogP contribution is -2.07. The first-order valence-electron chi connectivity index (χ1n) is 9.30. The van der Waals surface area contributed by atoms with Gasteiger partial charge in [-0.1, -0.05) is 56.2 Å². The van der Waals surface area contributed by atoms with E-state index in [1.54, 1.807) is 0 Å². The molecule has 0 saturated carbocycles. The zero-order chi connectivity index (χ0) is 17.9. The van der Waals surface area contributed by atoms with Gasteiger partial charge in [0.05, 0.1) is 0 Å². The molecule has 0 amide bonds. The summed E-state index contributed by atoms with van der Waals surface area (Å²) >= 11 is 0. The van der Waals surface area contributed by atoms with Crippen molar-refractivity contribution in [3.63, 3.8) is 0 Å². The van der Waals surface area contributed by atoms with Gasteiger partial charge in [0.25, 0.3) is 0 Å². The van der Waals surface area contributed by atoms with Crippen molar-refractivity contribution in [3.05, 3.63) is 66.7 Å². The van der Waals surface area contributed by atoms with Gasteiger partial charge in [-0.3, -0.25) is 4.79 Å². The highest BCUT2D eigenvalue weighted by Gasteiger charge is 2.09. The first-order chi connectivity index (χ1) is 12.7. The summed E-state index contributed by atoms with van der Waals surface area (Å²) in [5.41, 5.74) is 0. The van der Waals surface area contributed by atoms with Crippen molar-refractivity contribution in [2.75, 3.05) is 0 Å². The summed E-state index contributed by atoms with van der Waals surface area (Å²) in [6, 6.07) is 23.0. The maximum atomic E-state index is 12.1. The quantitative estimate of drug-likeness (QED) is 0.176. The van der Waals surface area contributed by atoms with Gasteiger partial charge >= 0.3 is 5.97 Å². The Hall–Kier alpha value is -2.87. The van der Waals surface area contributed by atoms with Gasteiger partial charge in [0.1, 0.15) is 5.75 Å². The van der Waals surface area contributed by atoms with Crippen molar-refractivity contribution in [2.45, 2.75) is 32.6 Å². The van der Waals surface area contributed by atoms with Crippen molar-refractivity contribution in [3.8, 4) is 5.75 Å². The van der Waals surface area contributed by atoms with E-state index in [0.29, 0.717) is 12.2 Å². The molecule has 0 aliphatic heterocycles. The SMILES string of the molecule is CCCCCC(=O)Oc1cccc2cc3cc4ccccc4cc3cc12. The van der Waals surface area contributed by atoms with Crippen molar-refractivity contribution in [1.82, 2.24) is 0 Å². The van der Waals surface area contributed by atoms with Crippen LogP contribution in [0.1, 0.15) is 32.6 Å². The molecule has 0 saturated heterocycles. The largest absolute Gasteiger partial charge is 0.426 e. The summed E-state index contributed by atoms with van der Waals surface area (Å²) in [4.78, 5) is 12.1. The molecule has 4 aromatic rings. The molecular weight excluding hydrogens is 320 g/mol. The third-order valence-electron chi connectivity index (χ3n) is 4.87. The molecule has 4 rings (SSSR count). The molecule has 4 aromatic carbocycles. The zero-order valence-corrected chi connectivity index (χ0v) is 15.0. The number of esters is 1. The first-order valence-corrected chi connectivity index (χ1v) is 9.30. The topological polar surface area (TPSA) is 26.3 Å². The highest BCUT2D eigenvalue weighted by molar-refractivity contribution is 6.06. The van der Waals surface area contributed by atoms with Crippen molar-refractivity contribution in [2.24, 2.45) is 0 Å². The Bertz CT molecular complexity index is 1100. The highest BCUT2D eigenvalue weighted by atomic mass is 16.5. The van der Waals surface area contributed by atoms with Gasteiger partial charge < -0.3 is 4.74 Å². The maximum Gasteiger partial charge on any atom is 0.311 e. The fourth-order valence-corrected chi connectivity index (χ4v) is 3.47. The van der Waals surface area contributed by atoms with Gasteiger partial charge in [-0.25, -0.2) is 0 Å². The number of carbonyl (C=O) groups excluding carboxylic acids is 1. The number of benzene rings is 4. The molecule has 2 nitrogen and oxygen atoms in total. The predicted molar refractivity (Wildman–Crippen MR) is 109 cm³/mol. The van der Waals surface area contributed by atoms with E-state index in [2.05, 4.69) is 61.5 Å². The number of ether oxygens (including phenoxy) is 1. The van der Waals surface area contributed by atoms with E-state index in [1.807, 2.05) is 12.1 Å². The first kappa shape index (κ1) is 16.6. The molecule has 0 aliphatic carbocycles. The fourth-order valence-electron chi connectivity index (χ4n) is 3.47.